The molecule has 1 amide bonds. The average molecular weight is 210 g/mol. The first-order valence-electron chi connectivity index (χ1n) is 4.74. The van der Waals surface area contributed by atoms with E-state index in [0.29, 0.717) is 6.42 Å². The highest BCUT2D eigenvalue weighted by Gasteiger charge is 2.15. The number of aliphatic hydroxyl groups is 1. The van der Waals surface area contributed by atoms with Crippen LogP contribution in [0.25, 0.3) is 0 Å². The number of carbonyl (C=O) groups excluding carboxylic acids is 1. The lowest BCUT2D eigenvalue weighted by Crippen LogP contribution is -2.37. The normalized spacial score (nSPS) is 12.1. The van der Waals surface area contributed by atoms with Gasteiger partial charge < -0.3 is 15.5 Å². The molecule has 0 spiro atoms. The Morgan fingerprint density at radius 2 is 2.40 bits per heavy atom. The van der Waals surface area contributed by atoms with Crippen LogP contribution < -0.4 is 5.32 Å². The molecule has 0 aromatic carbocycles. The van der Waals surface area contributed by atoms with Gasteiger partial charge in [0.2, 0.25) is 0 Å². The van der Waals surface area contributed by atoms with E-state index in [1.54, 1.807) is 0 Å². The Morgan fingerprint density at radius 3 is 2.93 bits per heavy atom. The van der Waals surface area contributed by atoms with E-state index in [0.717, 1.165) is 0 Å². The minimum Gasteiger partial charge on any atom is -0.505 e. The maximum atomic E-state index is 11.5. The smallest absolute Gasteiger partial charge is 0.274 e. The van der Waals surface area contributed by atoms with Crippen LogP contribution in [-0.2, 0) is 0 Å². The number of nitrogens with one attached hydrogen (secondary N) is 1. The highest BCUT2D eigenvalue weighted by atomic mass is 16.3. The van der Waals surface area contributed by atoms with Gasteiger partial charge in [-0.1, -0.05) is 6.92 Å². The quantitative estimate of drug-likeness (QED) is 0.667. The van der Waals surface area contributed by atoms with Crippen LogP contribution in [0, 0.1) is 0 Å². The summed E-state index contributed by atoms with van der Waals surface area (Å²) in [5.74, 6) is -0.642. The van der Waals surface area contributed by atoms with Crippen molar-refractivity contribution in [3.8, 4) is 5.75 Å². The van der Waals surface area contributed by atoms with Crippen LogP contribution in [0.5, 0.6) is 5.75 Å². The molecular weight excluding hydrogens is 196 g/mol. The van der Waals surface area contributed by atoms with Gasteiger partial charge in [-0.3, -0.25) is 4.79 Å². The maximum Gasteiger partial charge on any atom is 0.274 e. The highest BCUT2D eigenvalue weighted by Crippen LogP contribution is 2.12. The van der Waals surface area contributed by atoms with Crippen molar-refractivity contribution in [1.29, 1.82) is 0 Å². The number of hydrogen-bond donors (Lipinski definition) is 3. The standard InChI is InChI=1S/C10H14N2O3/c1-2-7(6-13)12-10(15)9-8(14)4-3-5-11-9/h3-5,7,13-14H,2,6H2,1H3,(H,12,15)/t7-/m0/s1. The first-order valence-corrected chi connectivity index (χ1v) is 4.74. The molecule has 0 unspecified atom stereocenters. The van der Waals surface area contributed by atoms with Crippen LogP contribution in [-0.4, -0.2) is 33.8 Å². The largest absolute Gasteiger partial charge is 0.505 e. The fourth-order valence-electron chi connectivity index (χ4n) is 1.10. The molecule has 82 valence electrons. The molecule has 5 heteroatoms. The summed E-state index contributed by atoms with van der Waals surface area (Å²) in [6, 6.07) is 2.62. The SMILES string of the molecule is CC[C@@H](CO)NC(=O)c1ncccc1O. The van der Waals surface area contributed by atoms with Crippen LogP contribution in [0.3, 0.4) is 0 Å². The Bertz CT molecular complexity index is 337. The number of aliphatic hydroxyl groups excluding tert-OH is 1. The fraction of sp³-hybridized carbons (Fsp3) is 0.400. The van der Waals surface area contributed by atoms with Crippen LogP contribution in [0.2, 0.25) is 0 Å². The molecule has 0 radical (unpaired) electrons. The molecule has 3 N–H and O–H groups in total. The first-order chi connectivity index (χ1) is 7.19. The molecule has 1 aromatic heterocycles. The van der Waals surface area contributed by atoms with Crippen LogP contribution in [0.15, 0.2) is 18.3 Å². The lowest BCUT2D eigenvalue weighted by atomic mass is 10.2. The number of aromatic hydroxyl groups is 1. The Labute approximate surface area is 87.8 Å². The number of pyridine rings is 1. The Kier molecular flexibility index (Phi) is 4.05. The van der Waals surface area contributed by atoms with Gasteiger partial charge in [0.15, 0.2) is 5.69 Å². The van der Waals surface area contributed by atoms with Gasteiger partial charge in [-0.15, -0.1) is 0 Å². The molecule has 0 aliphatic rings. The Balaban J connectivity index is 2.73. The number of carbonyl (C=O) groups is 1. The summed E-state index contributed by atoms with van der Waals surface area (Å²) in [5, 5.41) is 20.8. The molecule has 0 aliphatic heterocycles. The van der Waals surface area contributed by atoms with Crippen molar-refractivity contribution in [2.45, 2.75) is 19.4 Å². The third-order valence-corrected chi connectivity index (χ3v) is 2.05. The van der Waals surface area contributed by atoms with Crippen molar-refractivity contribution in [2.75, 3.05) is 6.61 Å². The number of amides is 1. The summed E-state index contributed by atoms with van der Waals surface area (Å²) in [5.41, 5.74) is -0.0237. The predicted octanol–water partition coefficient (Wildman–Crippen LogP) is 0.288. The van der Waals surface area contributed by atoms with Crippen molar-refractivity contribution in [3.05, 3.63) is 24.0 Å². The van der Waals surface area contributed by atoms with Crippen molar-refractivity contribution >= 4 is 5.91 Å². The minimum atomic E-state index is -0.478. The molecule has 15 heavy (non-hydrogen) atoms. The van der Waals surface area contributed by atoms with E-state index in [9.17, 15) is 9.90 Å². The van der Waals surface area contributed by atoms with E-state index in [2.05, 4.69) is 10.3 Å². The monoisotopic (exact) mass is 210 g/mol. The predicted molar refractivity (Wildman–Crippen MR) is 54.5 cm³/mol. The number of nitrogens with zero attached hydrogens (tertiary/aromatic N) is 1. The number of rotatable bonds is 4. The number of hydrogen-bond acceptors (Lipinski definition) is 4. The third kappa shape index (κ3) is 2.92. The van der Waals surface area contributed by atoms with E-state index in [1.807, 2.05) is 6.92 Å². The summed E-state index contributed by atoms with van der Waals surface area (Å²) in [7, 11) is 0. The summed E-state index contributed by atoms with van der Waals surface area (Å²) in [6.07, 6.45) is 2.05. The number of aromatic nitrogens is 1. The second-order valence-corrected chi connectivity index (χ2v) is 3.13. The zero-order valence-electron chi connectivity index (χ0n) is 8.47. The summed E-state index contributed by atoms with van der Waals surface area (Å²) in [6.45, 7) is 1.72. The van der Waals surface area contributed by atoms with Gasteiger partial charge in [-0.05, 0) is 18.6 Å². The Hall–Kier alpha value is -1.62. The van der Waals surface area contributed by atoms with Gasteiger partial charge in [-0.2, -0.15) is 0 Å². The minimum absolute atomic E-state index is 0.0237. The molecule has 0 bridgehead atoms. The van der Waals surface area contributed by atoms with Gasteiger partial charge in [0.25, 0.3) is 5.91 Å². The summed E-state index contributed by atoms with van der Waals surface area (Å²) in [4.78, 5) is 15.3. The van der Waals surface area contributed by atoms with Crippen molar-refractivity contribution < 1.29 is 15.0 Å². The summed E-state index contributed by atoms with van der Waals surface area (Å²) < 4.78 is 0. The highest BCUT2D eigenvalue weighted by molar-refractivity contribution is 5.94. The van der Waals surface area contributed by atoms with Crippen molar-refractivity contribution in [2.24, 2.45) is 0 Å². The second-order valence-electron chi connectivity index (χ2n) is 3.13. The molecule has 0 saturated heterocycles. The van der Waals surface area contributed by atoms with E-state index < -0.39 is 5.91 Å². The third-order valence-electron chi connectivity index (χ3n) is 2.05. The Morgan fingerprint density at radius 1 is 1.67 bits per heavy atom. The molecule has 1 aromatic rings. The van der Waals surface area contributed by atoms with Gasteiger partial charge in [0.1, 0.15) is 5.75 Å². The molecule has 0 aliphatic carbocycles. The van der Waals surface area contributed by atoms with Gasteiger partial charge in [0, 0.05) is 6.20 Å². The van der Waals surface area contributed by atoms with Crippen LogP contribution >= 0.6 is 0 Å². The second kappa shape index (κ2) is 5.31. The molecule has 1 rings (SSSR count). The molecular formula is C10H14N2O3. The van der Waals surface area contributed by atoms with E-state index >= 15 is 0 Å². The maximum absolute atomic E-state index is 11.5. The first kappa shape index (κ1) is 11.5. The summed E-state index contributed by atoms with van der Waals surface area (Å²) >= 11 is 0. The zero-order chi connectivity index (χ0) is 11.3. The molecule has 5 nitrogen and oxygen atoms in total. The van der Waals surface area contributed by atoms with E-state index in [-0.39, 0.29) is 24.1 Å². The molecule has 0 saturated carbocycles. The van der Waals surface area contributed by atoms with Crippen molar-refractivity contribution in [3.63, 3.8) is 0 Å². The van der Waals surface area contributed by atoms with Gasteiger partial charge >= 0.3 is 0 Å². The molecule has 1 atom stereocenters. The zero-order valence-corrected chi connectivity index (χ0v) is 8.47. The fourth-order valence-corrected chi connectivity index (χ4v) is 1.10. The molecule has 1 heterocycles. The lowest BCUT2D eigenvalue weighted by molar-refractivity contribution is 0.0907. The van der Waals surface area contributed by atoms with Gasteiger partial charge in [-0.25, -0.2) is 4.98 Å². The topological polar surface area (TPSA) is 82.5 Å². The lowest BCUT2D eigenvalue weighted by Gasteiger charge is -2.13. The average Bonchev–Trinajstić information content (AvgIpc) is 2.26. The molecule has 0 fully saturated rings. The van der Waals surface area contributed by atoms with E-state index in [4.69, 9.17) is 5.11 Å². The van der Waals surface area contributed by atoms with Crippen LogP contribution in [0.4, 0.5) is 0 Å². The van der Waals surface area contributed by atoms with Crippen molar-refractivity contribution in [1.82, 2.24) is 10.3 Å². The van der Waals surface area contributed by atoms with Gasteiger partial charge in [0.05, 0.1) is 12.6 Å². The van der Waals surface area contributed by atoms with E-state index in [1.165, 1.54) is 18.3 Å². The van der Waals surface area contributed by atoms with Crippen LogP contribution in [0.1, 0.15) is 23.8 Å².